The Morgan fingerprint density at radius 1 is 0.943 bits per heavy atom. The van der Waals surface area contributed by atoms with Crippen LogP contribution in [-0.2, 0) is 21.4 Å². The number of aromatic nitrogens is 3. The number of fused-ring (bicyclic) bond motifs is 1. The van der Waals surface area contributed by atoms with Crippen molar-refractivity contribution in [2.45, 2.75) is 11.4 Å². The first-order valence-electron chi connectivity index (χ1n) is 10.9. The Hall–Kier alpha value is -4.44. The molecule has 1 aliphatic rings. The summed E-state index contributed by atoms with van der Waals surface area (Å²) in [5, 5.41) is 8.54. The van der Waals surface area contributed by atoms with Gasteiger partial charge >= 0.3 is 5.69 Å². The highest BCUT2D eigenvalue weighted by molar-refractivity contribution is 7.93. The lowest BCUT2D eigenvalue weighted by atomic mass is 10.1. The molecule has 10 heteroatoms. The van der Waals surface area contributed by atoms with Gasteiger partial charge in [-0.15, -0.1) is 5.10 Å². The number of amides is 1. The summed E-state index contributed by atoms with van der Waals surface area (Å²) in [5.41, 5.74) is 2.04. The van der Waals surface area contributed by atoms with Gasteiger partial charge < -0.3 is 5.32 Å². The molecule has 0 atom stereocenters. The van der Waals surface area contributed by atoms with Gasteiger partial charge in [-0.05, 0) is 47.3 Å². The number of nitrogens with zero attached hydrogens (tertiary/aromatic N) is 4. The van der Waals surface area contributed by atoms with E-state index in [2.05, 4.69) is 10.4 Å². The normalized spacial score (nSPS) is 14.0. The molecule has 0 saturated carbocycles. The average Bonchev–Trinajstić information content (AvgIpc) is 3.27. The third-order valence-electron chi connectivity index (χ3n) is 6.00. The molecule has 174 valence electrons. The molecule has 0 radical (unpaired) electrons. The van der Waals surface area contributed by atoms with Crippen LogP contribution in [0.1, 0.15) is 5.56 Å². The molecule has 2 aromatic heterocycles. The Bertz CT molecular complexity index is 1800. The first-order valence-corrected chi connectivity index (χ1v) is 12.3. The van der Waals surface area contributed by atoms with Crippen molar-refractivity contribution in [3.8, 4) is 0 Å². The first kappa shape index (κ1) is 21.1. The summed E-state index contributed by atoms with van der Waals surface area (Å²) < 4.78 is 30.2. The van der Waals surface area contributed by atoms with Crippen molar-refractivity contribution in [2.24, 2.45) is 0 Å². The summed E-state index contributed by atoms with van der Waals surface area (Å²) in [6.07, 6.45) is 1.66. The number of pyridine rings is 1. The van der Waals surface area contributed by atoms with Gasteiger partial charge in [0.2, 0.25) is 5.91 Å². The molecule has 1 N–H and O–H groups in total. The summed E-state index contributed by atoms with van der Waals surface area (Å²) in [4.78, 5) is 25.6. The van der Waals surface area contributed by atoms with Crippen LogP contribution in [0.2, 0.25) is 0 Å². The fourth-order valence-corrected chi connectivity index (χ4v) is 6.12. The van der Waals surface area contributed by atoms with Gasteiger partial charge in [-0.3, -0.25) is 13.5 Å². The summed E-state index contributed by atoms with van der Waals surface area (Å²) in [6, 6.07) is 22.8. The molecule has 1 aliphatic heterocycles. The van der Waals surface area contributed by atoms with E-state index in [4.69, 9.17) is 0 Å². The highest BCUT2D eigenvalue weighted by Gasteiger charge is 2.36. The first-order chi connectivity index (χ1) is 16.9. The number of anilines is 2. The van der Waals surface area contributed by atoms with E-state index in [0.29, 0.717) is 22.4 Å². The van der Waals surface area contributed by atoms with Crippen LogP contribution in [0.5, 0.6) is 0 Å². The Balaban J connectivity index is 1.23. The number of hydrogen-bond acceptors (Lipinski definition) is 5. The molecule has 9 nitrogen and oxygen atoms in total. The topological polar surface area (TPSA) is 106 Å². The van der Waals surface area contributed by atoms with E-state index >= 15 is 0 Å². The number of rotatable bonds is 5. The minimum absolute atomic E-state index is 0.207. The van der Waals surface area contributed by atoms with E-state index in [1.54, 1.807) is 60.8 Å². The Labute approximate surface area is 199 Å². The van der Waals surface area contributed by atoms with Crippen LogP contribution in [0.4, 0.5) is 11.4 Å². The van der Waals surface area contributed by atoms with E-state index in [1.165, 1.54) is 9.08 Å². The number of sulfonamides is 1. The molecule has 35 heavy (non-hydrogen) atoms. The van der Waals surface area contributed by atoms with Crippen molar-refractivity contribution < 1.29 is 13.2 Å². The summed E-state index contributed by atoms with van der Waals surface area (Å²) in [7, 11) is -3.83. The van der Waals surface area contributed by atoms with E-state index in [0.717, 1.165) is 15.3 Å². The molecular formula is C25H19N5O4S. The molecule has 0 fully saturated rings. The highest BCUT2D eigenvalue weighted by Crippen LogP contribution is 2.41. The third kappa shape index (κ3) is 3.46. The van der Waals surface area contributed by atoms with Crippen LogP contribution in [0.3, 0.4) is 0 Å². The van der Waals surface area contributed by atoms with Crippen LogP contribution >= 0.6 is 0 Å². The van der Waals surface area contributed by atoms with Gasteiger partial charge in [0.25, 0.3) is 10.0 Å². The monoisotopic (exact) mass is 485 g/mol. The molecule has 3 heterocycles. The van der Waals surface area contributed by atoms with Crippen molar-refractivity contribution in [3.63, 3.8) is 0 Å². The van der Waals surface area contributed by atoms with Crippen LogP contribution in [0, 0.1) is 0 Å². The summed E-state index contributed by atoms with van der Waals surface area (Å²) in [5.74, 6) is -0.472. The summed E-state index contributed by atoms with van der Waals surface area (Å²) >= 11 is 0. The molecule has 5 aromatic rings. The van der Waals surface area contributed by atoms with Crippen LogP contribution in [-0.4, -0.2) is 35.1 Å². The predicted octanol–water partition coefficient (Wildman–Crippen LogP) is 2.84. The number of nitrogens with one attached hydrogen (secondary N) is 1. The van der Waals surface area contributed by atoms with Gasteiger partial charge in [0.1, 0.15) is 6.54 Å². The second kappa shape index (κ2) is 7.81. The Morgan fingerprint density at radius 3 is 2.57 bits per heavy atom. The zero-order valence-corrected chi connectivity index (χ0v) is 19.1. The number of benzene rings is 3. The van der Waals surface area contributed by atoms with E-state index in [-0.39, 0.29) is 23.7 Å². The Morgan fingerprint density at radius 2 is 1.74 bits per heavy atom. The fourth-order valence-electron chi connectivity index (χ4n) is 4.45. The van der Waals surface area contributed by atoms with Gasteiger partial charge in [0.15, 0.2) is 5.65 Å². The maximum absolute atomic E-state index is 13.1. The second-order valence-corrected chi connectivity index (χ2v) is 10.1. The molecule has 3 aromatic carbocycles. The smallest absolute Gasteiger partial charge is 0.325 e. The molecule has 0 bridgehead atoms. The summed E-state index contributed by atoms with van der Waals surface area (Å²) in [6.45, 7) is -0.131. The van der Waals surface area contributed by atoms with Crippen LogP contribution < -0.4 is 15.3 Å². The van der Waals surface area contributed by atoms with E-state index in [1.807, 2.05) is 24.3 Å². The number of carbonyl (C=O) groups is 1. The van der Waals surface area contributed by atoms with E-state index in [9.17, 15) is 18.0 Å². The fraction of sp³-hybridized carbons (Fsp3) is 0.0800. The van der Waals surface area contributed by atoms with Crippen molar-refractivity contribution in [3.05, 3.63) is 101 Å². The van der Waals surface area contributed by atoms with Gasteiger partial charge in [0.05, 0.1) is 17.1 Å². The highest BCUT2D eigenvalue weighted by atomic mass is 32.2. The predicted molar refractivity (Wildman–Crippen MR) is 132 cm³/mol. The van der Waals surface area contributed by atoms with Crippen LogP contribution in [0.15, 0.2) is 94.7 Å². The van der Waals surface area contributed by atoms with Gasteiger partial charge in [-0.2, -0.15) is 0 Å². The standard InChI is InChI=1S/C25H19N5O4S/c31-23(16-30-20-10-4-7-18-8-5-11-21(24(18)20)35(30,33)34)26-19-9-3-6-17(14-19)15-29-25(32)28-13-2-1-12-22(28)27-29/h1-14H,15-16H2,(H,26,31). The van der Waals surface area contributed by atoms with Gasteiger partial charge in [-0.1, -0.05) is 42.5 Å². The van der Waals surface area contributed by atoms with Crippen LogP contribution in [0.25, 0.3) is 16.4 Å². The molecular weight excluding hydrogens is 466 g/mol. The molecule has 1 amide bonds. The SMILES string of the molecule is O=C(CN1c2cccc3cccc(c23)S1(=O)=O)Nc1cccc(Cn2nc3ccccn3c2=O)c1. The third-order valence-corrected chi connectivity index (χ3v) is 7.80. The number of hydrogen-bond donors (Lipinski definition) is 1. The molecule has 6 rings (SSSR count). The van der Waals surface area contributed by atoms with Gasteiger partial charge in [-0.25, -0.2) is 17.9 Å². The zero-order valence-electron chi connectivity index (χ0n) is 18.3. The van der Waals surface area contributed by atoms with Crippen molar-refractivity contribution in [2.75, 3.05) is 16.2 Å². The lowest BCUT2D eigenvalue weighted by Crippen LogP contribution is -2.35. The quantitative estimate of drug-likeness (QED) is 0.412. The van der Waals surface area contributed by atoms with Gasteiger partial charge in [0, 0.05) is 17.3 Å². The molecule has 0 aliphatic carbocycles. The average molecular weight is 486 g/mol. The maximum atomic E-state index is 13.1. The molecule has 0 spiro atoms. The maximum Gasteiger partial charge on any atom is 0.350 e. The molecule has 0 unspecified atom stereocenters. The molecule has 0 saturated heterocycles. The minimum Gasteiger partial charge on any atom is -0.325 e. The van der Waals surface area contributed by atoms with E-state index < -0.39 is 15.9 Å². The van der Waals surface area contributed by atoms with Crippen molar-refractivity contribution in [1.82, 2.24) is 14.2 Å². The van der Waals surface area contributed by atoms with Crippen molar-refractivity contribution >= 4 is 43.7 Å². The largest absolute Gasteiger partial charge is 0.350 e. The van der Waals surface area contributed by atoms with Crippen molar-refractivity contribution in [1.29, 1.82) is 0 Å². The lowest BCUT2D eigenvalue weighted by molar-refractivity contribution is -0.114. The Kier molecular flexibility index (Phi) is 4.71. The minimum atomic E-state index is -3.83. The lowest BCUT2D eigenvalue weighted by Gasteiger charge is -2.18. The zero-order chi connectivity index (χ0) is 24.2. The number of carbonyl (C=O) groups excluding carboxylic acids is 1. The second-order valence-electron chi connectivity index (χ2n) is 8.26.